The third-order valence-electron chi connectivity index (χ3n) is 3.89. The van der Waals surface area contributed by atoms with Crippen LogP contribution in [0.3, 0.4) is 0 Å². The molecule has 2 aromatic rings. The molecule has 0 unspecified atom stereocenters. The van der Waals surface area contributed by atoms with Gasteiger partial charge in [-0.15, -0.1) is 0 Å². The third-order valence-corrected chi connectivity index (χ3v) is 3.89. The Morgan fingerprint density at radius 3 is 2.00 bits per heavy atom. The summed E-state index contributed by atoms with van der Waals surface area (Å²) in [4.78, 5) is 6.68. The summed E-state index contributed by atoms with van der Waals surface area (Å²) in [6.45, 7) is 2.95. The van der Waals surface area contributed by atoms with Gasteiger partial charge in [-0.05, 0) is 17.5 Å². The predicted octanol–water partition coefficient (Wildman–Crippen LogP) is 3.55. The van der Waals surface area contributed by atoms with E-state index < -0.39 is 0 Å². The van der Waals surface area contributed by atoms with E-state index in [-0.39, 0.29) is 0 Å². The predicted molar refractivity (Wildman–Crippen MR) is 84.3 cm³/mol. The van der Waals surface area contributed by atoms with Crippen LogP contribution in [0.4, 0.5) is 0 Å². The van der Waals surface area contributed by atoms with Crippen molar-refractivity contribution in [3.05, 3.63) is 71.8 Å². The molecule has 20 heavy (non-hydrogen) atoms. The molecule has 1 aliphatic rings. The van der Waals surface area contributed by atoms with Gasteiger partial charge >= 0.3 is 0 Å². The van der Waals surface area contributed by atoms with Crippen molar-refractivity contribution in [2.75, 3.05) is 19.8 Å². The molecule has 0 amide bonds. The standard InChI is InChI=1S/C18H20N2/c1-3-7-16(8-4-1)18(17-9-5-2-6-10-17)11-13-20-14-12-19-15-20/h1-10,12,18H,11,13-15H2. The molecule has 3 rings (SSSR count). The first-order valence-electron chi connectivity index (χ1n) is 7.24. The molecule has 0 saturated heterocycles. The molecule has 0 atom stereocenters. The summed E-state index contributed by atoms with van der Waals surface area (Å²) < 4.78 is 0. The van der Waals surface area contributed by atoms with Gasteiger partial charge in [-0.2, -0.15) is 0 Å². The minimum absolute atomic E-state index is 0.470. The first-order valence-corrected chi connectivity index (χ1v) is 7.24. The number of benzene rings is 2. The average Bonchev–Trinajstić information content (AvgIpc) is 3.03. The van der Waals surface area contributed by atoms with Crippen LogP contribution in [-0.2, 0) is 0 Å². The van der Waals surface area contributed by atoms with E-state index in [1.807, 2.05) is 6.21 Å². The molecule has 2 nitrogen and oxygen atoms in total. The topological polar surface area (TPSA) is 15.6 Å². The van der Waals surface area contributed by atoms with Crippen LogP contribution in [0.15, 0.2) is 65.7 Å². The van der Waals surface area contributed by atoms with Gasteiger partial charge in [-0.1, -0.05) is 60.7 Å². The Morgan fingerprint density at radius 2 is 1.50 bits per heavy atom. The van der Waals surface area contributed by atoms with Gasteiger partial charge in [0.2, 0.25) is 0 Å². The van der Waals surface area contributed by atoms with Gasteiger partial charge in [0.05, 0.1) is 6.67 Å². The average molecular weight is 264 g/mol. The zero-order valence-corrected chi connectivity index (χ0v) is 11.7. The zero-order valence-electron chi connectivity index (χ0n) is 11.7. The molecule has 0 fully saturated rings. The highest BCUT2D eigenvalue weighted by atomic mass is 15.2. The second kappa shape index (κ2) is 6.49. The van der Waals surface area contributed by atoms with Crippen LogP contribution in [0.5, 0.6) is 0 Å². The molecule has 2 heteroatoms. The van der Waals surface area contributed by atoms with E-state index in [1.54, 1.807) is 0 Å². The SMILES string of the molecule is C1=NCN(CCC(c2ccccc2)c2ccccc2)C1. The molecule has 0 saturated carbocycles. The highest BCUT2D eigenvalue weighted by Gasteiger charge is 2.16. The van der Waals surface area contributed by atoms with Crippen LogP contribution in [0.1, 0.15) is 23.5 Å². The Balaban J connectivity index is 1.77. The second-order valence-electron chi connectivity index (χ2n) is 5.25. The lowest BCUT2D eigenvalue weighted by molar-refractivity contribution is 0.331. The summed E-state index contributed by atoms with van der Waals surface area (Å²) in [7, 11) is 0. The van der Waals surface area contributed by atoms with Crippen LogP contribution in [-0.4, -0.2) is 30.9 Å². The van der Waals surface area contributed by atoms with E-state index in [4.69, 9.17) is 0 Å². The Kier molecular flexibility index (Phi) is 4.24. The second-order valence-corrected chi connectivity index (χ2v) is 5.25. The van der Waals surface area contributed by atoms with Crippen molar-refractivity contribution in [1.29, 1.82) is 0 Å². The maximum atomic E-state index is 4.29. The fourth-order valence-corrected chi connectivity index (χ4v) is 2.77. The first-order chi connectivity index (χ1) is 9.93. The summed E-state index contributed by atoms with van der Waals surface area (Å²) in [5, 5.41) is 0. The van der Waals surface area contributed by atoms with E-state index >= 15 is 0 Å². The highest BCUT2D eigenvalue weighted by molar-refractivity contribution is 5.61. The van der Waals surface area contributed by atoms with Gasteiger partial charge in [-0.25, -0.2) is 0 Å². The van der Waals surface area contributed by atoms with Crippen molar-refractivity contribution in [3.63, 3.8) is 0 Å². The zero-order chi connectivity index (χ0) is 13.6. The van der Waals surface area contributed by atoms with Gasteiger partial charge in [0.25, 0.3) is 0 Å². The Morgan fingerprint density at radius 1 is 0.900 bits per heavy atom. The fourth-order valence-electron chi connectivity index (χ4n) is 2.77. The minimum Gasteiger partial charge on any atom is -0.281 e. The molecule has 0 bridgehead atoms. The quantitative estimate of drug-likeness (QED) is 0.806. The summed E-state index contributed by atoms with van der Waals surface area (Å²) in [5.74, 6) is 0.470. The Labute approximate surface area is 120 Å². The van der Waals surface area contributed by atoms with Gasteiger partial charge in [0.15, 0.2) is 0 Å². The normalized spacial score (nSPS) is 15.1. The Hall–Kier alpha value is -1.93. The maximum absolute atomic E-state index is 4.29. The number of hydrogen-bond acceptors (Lipinski definition) is 2. The minimum atomic E-state index is 0.470. The summed E-state index contributed by atoms with van der Waals surface area (Å²) in [6.07, 6.45) is 3.15. The van der Waals surface area contributed by atoms with Gasteiger partial charge in [0, 0.05) is 25.2 Å². The van der Waals surface area contributed by atoms with Crippen molar-refractivity contribution in [1.82, 2.24) is 4.90 Å². The molecule has 1 aliphatic heterocycles. The lowest BCUT2D eigenvalue weighted by Gasteiger charge is -2.21. The number of rotatable bonds is 5. The third kappa shape index (κ3) is 3.14. The van der Waals surface area contributed by atoms with E-state index in [0.717, 1.165) is 26.2 Å². The van der Waals surface area contributed by atoms with E-state index in [2.05, 4.69) is 70.6 Å². The van der Waals surface area contributed by atoms with Gasteiger partial charge < -0.3 is 0 Å². The van der Waals surface area contributed by atoms with Crippen molar-refractivity contribution in [2.24, 2.45) is 4.99 Å². The highest BCUT2D eigenvalue weighted by Crippen LogP contribution is 2.28. The van der Waals surface area contributed by atoms with Crippen molar-refractivity contribution in [2.45, 2.75) is 12.3 Å². The van der Waals surface area contributed by atoms with Crippen LogP contribution >= 0.6 is 0 Å². The van der Waals surface area contributed by atoms with Crippen molar-refractivity contribution >= 4 is 6.21 Å². The molecule has 0 spiro atoms. The molecule has 0 aliphatic carbocycles. The summed E-state index contributed by atoms with van der Waals surface area (Å²) in [6, 6.07) is 21.6. The number of hydrogen-bond donors (Lipinski definition) is 0. The van der Waals surface area contributed by atoms with Crippen LogP contribution in [0.25, 0.3) is 0 Å². The number of aliphatic imine (C=N–C) groups is 1. The molecular weight excluding hydrogens is 244 g/mol. The van der Waals surface area contributed by atoms with E-state index in [9.17, 15) is 0 Å². The summed E-state index contributed by atoms with van der Waals surface area (Å²) in [5.41, 5.74) is 2.80. The fraction of sp³-hybridized carbons (Fsp3) is 0.278. The van der Waals surface area contributed by atoms with Gasteiger partial charge in [0.1, 0.15) is 0 Å². The van der Waals surface area contributed by atoms with Crippen LogP contribution in [0, 0.1) is 0 Å². The molecule has 1 heterocycles. The molecular formula is C18H20N2. The smallest absolute Gasteiger partial charge is 0.0909 e. The van der Waals surface area contributed by atoms with Crippen molar-refractivity contribution in [3.8, 4) is 0 Å². The number of nitrogens with zero attached hydrogens (tertiary/aromatic N) is 2. The molecule has 0 aromatic heterocycles. The van der Waals surface area contributed by atoms with E-state index in [1.165, 1.54) is 11.1 Å². The van der Waals surface area contributed by atoms with Crippen molar-refractivity contribution < 1.29 is 0 Å². The van der Waals surface area contributed by atoms with E-state index in [0.29, 0.717) is 5.92 Å². The maximum Gasteiger partial charge on any atom is 0.0909 e. The molecule has 0 N–H and O–H groups in total. The Bertz CT molecular complexity index is 501. The molecule has 102 valence electrons. The van der Waals surface area contributed by atoms with Gasteiger partial charge in [-0.3, -0.25) is 9.89 Å². The first kappa shape index (κ1) is 13.1. The molecule has 2 aromatic carbocycles. The summed E-state index contributed by atoms with van der Waals surface area (Å²) >= 11 is 0. The molecule has 0 radical (unpaired) electrons. The van der Waals surface area contributed by atoms with Crippen LogP contribution < -0.4 is 0 Å². The lowest BCUT2D eigenvalue weighted by Crippen LogP contribution is -2.23. The monoisotopic (exact) mass is 264 g/mol. The largest absolute Gasteiger partial charge is 0.281 e. The van der Waals surface area contributed by atoms with Crippen LogP contribution in [0.2, 0.25) is 0 Å². The lowest BCUT2D eigenvalue weighted by atomic mass is 9.88.